The quantitative estimate of drug-likeness (QED) is 0.776. The normalized spacial score (nSPS) is 14.9. The van der Waals surface area contributed by atoms with Gasteiger partial charge >= 0.3 is 0 Å². The van der Waals surface area contributed by atoms with Gasteiger partial charge in [-0.3, -0.25) is 4.79 Å². The van der Waals surface area contributed by atoms with Crippen LogP contribution in [0.5, 0.6) is 0 Å². The molecule has 0 unspecified atom stereocenters. The van der Waals surface area contributed by atoms with Gasteiger partial charge in [0.25, 0.3) is 0 Å². The Kier molecular flexibility index (Phi) is 6.72. The summed E-state index contributed by atoms with van der Waals surface area (Å²) >= 11 is 0. The number of carbonyl (C=O) groups excluding carboxylic acids is 1. The van der Waals surface area contributed by atoms with Gasteiger partial charge in [-0.2, -0.15) is 0 Å². The van der Waals surface area contributed by atoms with Crippen molar-refractivity contribution in [1.82, 2.24) is 4.90 Å². The van der Waals surface area contributed by atoms with Crippen LogP contribution in [0.1, 0.15) is 32.3 Å². The van der Waals surface area contributed by atoms with Crippen molar-refractivity contribution in [3.05, 3.63) is 29.8 Å². The van der Waals surface area contributed by atoms with E-state index in [1.54, 1.807) is 0 Å². The molecule has 0 N–H and O–H groups in total. The third-order valence-electron chi connectivity index (χ3n) is 4.01. The third kappa shape index (κ3) is 4.73. The molecule has 4 nitrogen and oxygen atoms in total. The van der Waals surface area contributed by atoms with E-state index in [-0.39, 0.29) is 5.91 Å². The molecule has 22 heavy (non-hydrogen) atoms. The lowest BCUT2D eigenvalue weighted by atomic mass is 10.1. The van der Waals surface area contributed by atoms with Gasteiger partial charge < -0.3 is 14.5 Å². The zero-order valence-corrected chi connectivity index (χ0v) is 13.9. The summed E-state index contributed by atoms with van der Waals surface area (Å²) in [6.45, 7) is 9.43. The molecule has 0 saturated carbocycles. The molecule has 1 amide bonds. The lowest BCUT2D eigenvalue weighted by Gasteiger charge is -2.29. The fourth-order valence-corrected chi connectivity index (χ4v) is 2.83. The number of rotatable bonds is 7. The number of anilines is 1. The Morgan fingerprint density at radius 3 is 2.23 bits per heavy atom. The Morgan fingerprint density at radius 1 is 1.09 bits per heavy atom. The van der Waals surface area contributed by atoms with Crippen LogP contribution < -0.4 is 4.90 Å². The van der Waals surface area contributed by atoms with Crippen molar-refractivity contribution in [2.45, 2.75) is 33.1 Å². The molecule has 1 aliphatic rings. The Labute approximate surface area is 134 Å². The van der Waals surface area contributed by atoms with Gasteiger partial charge in [0.05, 0.1) is 19.6 Å². The molecule has 1 fully saturated rings. The average molecular weight is 304 g/mol. The molecule has 1 aromatic carbocycles. The van der Waals surface area contributed by atoms with E-state index in [1.165, 1.54) is 5.69 Å². The molecule has 0 aliphatic carbocycles. The van der Waals surface area contributed by atoms with Crippen molar-refractivity contribution in [1.29, 1.82) is 0 Å². The van der Waals surface area contributed by atoms with Crippen molar-refractivity contribution < 1.29 is 9.53 Å². The van der Waals surface area contributed by atoms with E-state index in [9.17, 15) is 4.79 Å². The summed E-state index contributed by atoms with van der Waals surface area (Å²) in [4.78, 5) is 16.7. The van der Waals surface area contributed by atoms with Crippen LogP contribution in [0.15, 0.2) is 24.3 Å². The second-order valence-corrected chi connectivity index (χ2v) is 5.82. The minimum absolute atomic E-state index is 0.239. The molecule has 0 aromatic heterocycles. The lowest BCUT2D eigenvalue weighted by molar-refractivity contribution is -0.130. The summed E-state index contributed by atoms with van der Waals surface area (Å²) in [6.07, 6.45) is 2.53. The first-order chi connectivity index (χ1) is 10.7. The zero-order valence-electron chi connectivity index (χ0n) is 13.9. The van der Waals surface area contributed by atoms with Crippen molar-refractivity contribution in [3.63, 3.8) is 0 Å². The summed E-state index contributed by atoms with van der Waals surface area (Å²) in [7, 11) is 0. The first kappa shape index (κ1) is 16.8. The Balaban J connectivity index is 1.93. The number of benzene rings is 1. The molecule has 0 bridgehead atoms. The van der Waals surface area contributed by atoms with Crippen LogP contribution in [0.2, 0.25) is 0 Å². The molecule has 0 atom stereocenters. The number of ether oxygens (including phenoxy) is 1. The van der Waals surface area contributed by atoms with Gasteiger partial charge in [-0.1, -0.05) is 26.0 Å². The first-order valence-corrected chi connectivity index (χ1v) is 8.44. The van der Waals surface area contributed by atoms with Crippen LogP contribution in [0.3, 0.4) is 0 Å². The molecular formula is C18H28N2O2. The van der Waals surface area contributed by atoms with Gasteiger partial charge in [0, 0.05) is 31.9 Å². The van der Waals surface area contributed by atoms with Crippen LogP contribution in [0.25, 0.3) is 0 Å². The molecule has 1 saturated heterocycles. The van der Waals surface area contributed by atoms with Crippen LogP contribution in [0.4, 0.5) is 5.69 Å². The van der Waals surface area contributed by atoms with E-state index in [1.807, 2.05) is 4.90 Å². The van der Waals surface area contributed by atoms with Crippen LogP contribution >= 0.6 is 0 Å². The Morgan fingerprint density at radius 2 is 1.68 bits per heavy atom. The van der Waals surface area contributed by atoms with Crippen molar-refractivity contribution in [3.8, 4) is 0 Å². The highest BCUT2D eigenvalue weighted by atomic mass is 16.5. The second kappa shape index (κ2) is 8.79. The summed E-state index contributed by atoms with van der Waals surface area (Å²) < 4.78 is 5.38. The maximum absolute atomic E-state index is 12.4. The number of morpholine rings is 1. The topological polar surface area (TPSA) is 32.8 Å². The molecule has 1 aromatic rings. The van der Waals surface area contributed by atoms with Crippen molar-refractivity contribution in [2.75, 3.05) is 44.3 Å². The Bertz CT molecular complexity index is 447. The predicted molar refractivity (Wildman–Crippen MR) is 90.3 cm³/mol. The maximum Gasteiger partial charge on any atom is 0.226 e. The van der Waals surface area contributed by atoms with E-state index in [2.05, 4.69) is 43.0 Å². The minimum Gasteiger partial charge on any atom is -0.378 e. The van der Waals surface area contributed by atoms with Crippen molar-refractivity contribution >= 4 is 11.6 Å². The molecule has 2 rings (SSSR count). The SMILES string of the molecule is CCCN(CCC)C(=O)Cc1ccc(N2CCOCC2)cc1. The van der Waals surface area contributed by atoms with Gasteiger partial charge in [-0.15, -0.1) is 0 Å². The molecule has 1 aliphatic heterocycles. The van der Waals surface area contributed by atoms with E-state index < -0.39 is 0 Å². The van der Waals surface area contributed by atoms with Gasteiger partial charge in [-0.05, 0) is 30.5 Å². The highest BCUT2D eigenvalue weighted by Gasteiger charge is 2.14. The molecule has 0 spiro atoms. The largest absolute Gasteiger partial charge is 0.378 e. The fourth-order valence-electron chi connectivity index (χ4n) is 2.83. The zero-order chi connectivity index (χ0) is 15.8. The monoisotopic (exact) mass is 304 g/mol. The smallest absolute Gasteiger partial charge is 0.226 e. The van der Waals surface area contributed by atoms with Gasteiger partial charge in [-0.25, -0.2) is 0 Å². The van der Waals surface area contributed by atoms with Gasteiger partial charge in [0.15, 0.2) is 0 Å². The Hall–Kier alpha value is -1.55. The molecule has 122 valence electrons. The highest BCUT2D eigenvalue weighted by molar-refractivity contribution is 5.78. The molecule has 4 heteroatoms. The average Bonchev–Trinajstić information content (AvgIpc) is 2.56. The lowest BCUT2D eigenvalue weighted by Crippen LogP contribution is -2.36. The minimum atomic E-state index is 0.239. The number of hydrogen-bond donors (Lipinski definition) is 0. The molecule has 0 radical (unpaired) electrons. The molecular weight excluding hydrogens is 276 g/mol. The summed E-state index contributed by atoms with van der Waals surface area (Å²) in [5.74, 6) is 0.239. The highest BCUT2D eigenvalue weighted by Crippen LogP contribution is 2.17. The van der Waals surface area contributed by atoms with E-state index in [0.29, 0.717) is 6.42 Å². The van der Waals surface area contributed by atoms with E-state index >= 15 is 0 Å². The summed E-state index contributed by atoms with van der Waals surface area (Å²) in [5.41, 5.74) is 2.32. The second-order valence-electron chi connectivity index (χ2n) is 5.82. The number of hydrogen-bond acceptors (Lipinski definition) is 3. The van der Waals surface area contributed by atoms with Crippen molar-refractivity contribution in [2.24, 2.45) is 0 Å². The first-order valence-electron chi connectivity index (χ1n) is 8.44. The third-order valence-corrected chi connectivity index (χ3v) is 4.01. The predicted octanol–water partition coefficient (Wildman–Crippen LogP) is 2.71. The number of carbonyl (C=O) groups is 1. The van der Waals surface area contributed by atoms with Crippen LogP contribution in [-0.2, 0) is 16.0 Å². The maximum atomic E-state index is 12.4. The van der Waals surface area contributed by atoms with E-state index in [4.69, 9.17) is 4.74 Å². The van der Waals surface area contributed by atoms with Crippen LogP contribution in [-0.4, -0.2) is 50.2 Å². The number of amides is 1. The van der Waals surface area contributed by atoms with Gasteiger partial charge in [0.1, 0.15) is 0 Å². The summed E-state index contributed by atoms with van der Waals surface area (Å²) in [5, 5.41) is 0. The molecule has 1 heterocycles. The number of nitrogens with zero attached hydrogens (tertiary/aromatic N) is 2. The van der Waals surface area contributed by atoms with Crippen LogP contribution in [0, 0.1) is 0 Å². The standard InChI is InChI=1S/C18H28N2O2/c1-3-9-20(10-4-2)18(21)15-16-5-7-17(8-6-16)19-11-13-22-14-12-19/h5-8H,3-4,9-15H2,1-2H3. The van der Waals surface area contributed by atoms with Gasteiger partial charge in [0.2, 0.25) is 5.91 Å². The van der Waals surface area contributed by atoms with E-state index in [0.717, 1.165) is 57.8 Å². The summed E-state index contributed by atoms with van der Waals surface area (Å²) in [6, 6.07) is 8.41. The fraction of sp³-hybridized carbons (Fsp3) is 0.611.